The summed E-state index contributed by atoms with van der Waals surface area (Å²) >= 11 is 1.23. The molecule has 0 saturated carbocycles. The maximum Gasteiger partial charge on any atom is 0.346 e. The van der Waals surface area contributed by atoms with Crippen LogP contribution in [-0.2, 0) is 4.79 Å². The second-order valence-corrected chi connectivity index (χ2v) is 7.58. The minimum absolute atomic E-state index is 0.119. The second-order valence-electron chi connectivity index (χ2n) is 6.53. The summed E-state index contributed by atoms with van der Waals surface area (Å²) in [6.07, 6.45) is 0.274. The lowest BCUT2D eigenvalue weighted by molar-refractivity contribution is -0.116. The fourth-order valence-electron chi connectivity index (χ4n) is 3.57. The molecule has 1 aliphatic rings. The van der Waals surface area contributed by atoms with Crippen LogP contribution in [0, 0.1) is 0 Å². The predicted molar refractivity (Wildman–Crippen MR) is 109 cm³/mol. The van der Waals surface area contributed by atoms with Crippen LogP contribution >= 0.6 is 11.3 Å². The molecule has 2 N–H and O–H groups in total. The topological polar surface area (TPSA) is 75.6 Å². The van der Waals surface area contributed by atoms with Gasteiger partial charge in [0, 0.05) is 22.8 Å². The van der Waals surface area contributed by atoms with E-state index in [4.69, 9.17) is 4.74 Å². The van der Waals surface area contributed by atoms with Crippen LogP contribution in [0.2, 0.25) is 0 Å². The first kappa shape index (κ1) is 18.3. The van der Waals surface area contributed by atoms with E-state index in [0.717, 1.165) is 21.8 Å². The van der Waals surface area contributed by atoms with Crippen molar-refractivity contribution >= 4 is 28.9 Å². The number of carbonyl (C=O) groups is 2. The van der Waals surface area contributed by atoms with Crippen molar-refractivity contribution in [2.75, 3.05) is 11.9 Å². The highest BCUT2D eigenvalue weighted by molar-refractivity contribution is 7.15. The molecule has 3 aromatic rings. The van der Waals surface area contributed by atoms with Crippen molar-refractivity contribution in [1.82, 2.24) is 0 Å². The van der Waals surface area contributed by atoms with Gasteiger partial charge in [-0.2, -0.15) is 0 Å². The quantitative estimate of drug-likeness (QED) is 0.641. The van der Waals surface area contributed by atoms with Gasteiger partial charge in [0.05, 0.1) is 12.3 Å². The minimum Gasteiger partial charge on any atom is -0.494 e. The number of carboxylic acids is 1. The fraction of sp³-hybridized carbons (Fsp3) is 0.182. The molecule has 28 heavy (non-hydrogen) atoms. The van der Waals surface area contributed by atoms with Crippen LogP contribution in [0.1, 0.15) is 39.4 Å². The number of anilines is 1. The minimum atomic E-state index is -0.991. The average Bonchev–Trinajstić information content (AvgIpc) is 3.08. The van der Waals surface area contributed by atoms with Crippen molar-refractivity contribution in [3.8, 4) is 16.9 Å². The van der Waals surface area contributed by atoms with Gasteiger partial charge in [-0.05, 0) is 30.2 Å². The van der Waals surface area contributed by atoms with Crippen molar-refractivity contribution < 1.29 is 19.4 Å². The number of rotatable bonds is 5. The van der Waals surface area contributed by atoms with Crippen molar-refractivity contribution in [3.05, 3.63) is 69.9 Å². The van der Waals surface area contributed by atoms with Crippen molar-refractivity contribution in [3.63, 3.8) is 0 Å². The molecule has 2 aromatic carbocycles. The van der Waals surface area contributed by atoms with E-state index in [9.17, 15) is 14.7 Å². The summed E-state index contributed by atoms with van der Waals surface area (Å²) in [6.45, 7) is 2.48. The molecule has 142 valence electrons. The predicted octanol–water partition coefficient (Wildman–Crippen LogP) is 4.99. The number of nitrogens with one attached hydrogen (secondary N) is 1. The fourth-order valence-corrected chi connectivity index (χ4v) is 4.82. The van der Waals surface area contributed by atoms with Crippen LogP contribution in [-0.4, -0.2) is 23.6 Å². The Balaban J connectivity index is 1.89. The van der Waals surface area contributed by atoms with Gasteiger partial charge in [-0.15, -0.1) is 11.3 Å². The molecule has 6 heteroatoms. The Morgan fingerprint density at radius 1 is 1.21 bits per heavy atom. The summed E-state index contributed by atoms with van der Waals surface area (Å²) in [6, 6.07) is 17.0. The van der Waals surface area contributed by atoms with Gasteiger partial charge >= 0.3 is 5.97 Å². The molecule has 1 aromatic heterocycles. The molecule has 0 saturated heterocycles. The first-order valence-electron chi connectivity index (χ1n) is 9.06. The lowest BCUT2D eigenvalue weighted by Crippen LogP contribution is -2.22. The highest BCUT2D eigenvalue weighted by Gasteiger charge is 2.34. The van der Waals surface area contributed by atoms with Gasteiger partial charge in [0.1, 0.15) is 10.6 Å². The van der Waals surface area contributed by atoms with Crippen LogP contribution in [0.4, 0.5) is 5.69 Å². The molecule has 4 rings (SSSR count). The van der Waals surface area contributed by atoms with Gasteiger partial charge in [-0.25, -0.2) is 4.79 Å². The van der Waals surface area contributed by atoms with Crippen LogP contribution < -0.4 is 10.1 Å². The summed E-state index contributed by atoms with van der Waals surface area (Å²) in [4.78, 5) is 25.6. The number of carboxylic acid groups (broad SMARTS) is 1. The van der Waals surface area contributed by atoms with E-state index in [0.29, 0.717) is 17.9 Å². The van der Waals surface area contributed by atoms with E-state index in [1.807, 2.05) is 61.5 Å². The molecular weight excluding hydrogens is 374 g/mol. The van der Waals surface area contributed by atoms with E-state index < -0.39 is 5.97 Å². The number of thiophene rings is 1. The van der Waals surface area contributed by atoms with Gasteiger partial charge in [-0.1, -0.05) is 42.5 Å². The lowest BCUT2D eigenvalue weighted by Gasteiger charge is -2.24. The standard InChI is InChI=1S/C22H19NO4S/c1-2-27-15-10-6-9-14(11-15)16-12-17(24)23-19-18(13-7-4-3-5-8-13)21(22(25)26)28-20(16)19/h3-11,16H,2,12H2,1H3,(H,23,24)(H,25,26). The summed E-state index contributed by atoms with van der Waals surface area (Å²) in [7, 11) is 0. The Kier molecular flexibility index (Phi) is 4.88. The normalized spacial score (nSPS) is 15.6. The molecule has 1 aliphatic heterocycles. The molecule has 0 spiro atoms. The monoisotopic (exact) mass is 393 g/mol. The Bertz CT molecular complexity index is 1040. The molecule has 0 aliphatic carbocycles. The van der Waals surface area contributed by atoms with Crippen LogP contribution in [0.25, 0.3) is 11.1 Å². The summed E-state index contributed by atoms with van der Waals surface area (Å²) in [5.74, 6) is -0.573. The SMILES string of the molecule is CCOc1cccc(C2CC(=O)Nc3c2sc(C(=O)O)c3-c2ccccc2)c1. The molecule has 1 unspecified atom stereocenters. The zero-order chi connectivity index (χ0) is 19.7. The van der Waals surface area contributed by atoms with Crippen LogP contribution in [0.3, 0.4) is 0 Å². The number of fused-ring (bicyclic) bond motifs is 1. The first-order chi connectivity index (χ1) is 13.6. The third-order valence-electron chi connectivity index (χ3n) is 4.73. The summed E-state index contributed by atoms with van der Waals surface area (Å²) < 4.78 is 5.60. The summed E-state index contributed by atoms with van der Waals surface area (Å²) in [5.41, 5.74) is 2.91. The van der Waals surface area contributed by atoms with Gasteiger partial charge in [-0.3, -0.25) is 4.79 Å². The Morgan fingerprint density at radius 3 is 2.71 bits per heavy atom. The van der Waals surface area contributed by atoms with Gasteiger partial charge < -0.3 is 15.2 Å². The van der Waals surface area contributed by atoms with Gasteiger partial charge in [0.15, 0.2) is 0 Å². The van der Waals surface area contributed by atoms with Gasteiger partial charge in [0.2, 0.25) is 5.91 Å². The number of ether oxygens (including phenoxy) is 1. The summed E-state index contributed by atoms with van der Waals surface area (Å²) in [5, 5.41) is 12.7. The van der Waals surface area contributed by atoms with Crippen LogP contribution in [0.15, 0.2) is 54.6 Å². The second kappa shape index (κ2) is 7.48. The largest absolute Gasteiger partial charge is 0.494 e. The number of hydrogen-bond acceptors (Lipinski definition) is 4. The third kappa shape index (κ3) is 3.27. The Morgan fingerprint density at radius 2 is 2.00 bits per heavy atom. The zero-order valence-electron chi connectivity index (χ0n) is 15.3. The third-order valence-corrected chi connectivity index (χ3v) is 6.03. The molecule has 1 atom stereocenters. The number of hydrogen-bond donors (Lipinski definition) is 2. The average molecular weight is 393 g/mol. The number of carbonyl (C=O) groups excluding carboxylic acids is 1. The molecule has 0 radical (unpaired) electrons. The molecule has 2 heterocycles. The van der Waals surface area contributed by atoms with E-state index in [1.54, 1.807) is 0 Å². The number of benzene rings is 2. The van der Waals surface area contributed by atoms with Crippen molar-refractivity contribution in [1.29, 1.82) is 0 Å². The van der Waals surface area contributed by atoms with E-state index in [1.165, 1.54) is 11.3 Å². The Hall–Kier alpha value is -3.12. The number of aromatic carboxylic acids is 1. The highest BCUT2D eigenvalue weighted by Crippen LogP contribution is 2.49. The first-order valence-corrected chi connectivity index (χ1v) is 9.88. The van der Waals surface area contributed by atoms with Crippen LogP contribution in [0.5, 0.6) is 5.75 Å². The molecule has 5 nitrogen and oxygen atoms in total. The van der Waals surface area contributed by atoms with Crippen molar-refractivity contribution in [2.45, 2.75) is 19.3 Å². The molecule has 0 fully saturated rings. The highest BCUT2D eigenvalue weighted by atomic mass is 32.1. The molecular formula is C22H19NO4S. The van der Waals surface area contributed by atoms with Crippen molar-refractivity contribution in [2.24, 2.45) is 0 Å². The molecule has 0 bridgehead atoms. The maximum absolute atomic E-state index is 12.5. The van der Waals surface area contributed by atoms with E-state index in [-0.39, 0.29) is 23.1 Å². The van der Waals surface area contributed by atoms with Gasteiger partial charge in [0.25, 0.3) is 0 Å². The zero-order valence-corrected chi connectivity index (χ0v) is 16.1. The Labute approximate surface area is 166 Å². The maximum atomic E-state index is 12.5. The van der Waals surface area contributed by atoms with E-state index in [2.05, 4.69) is 5.32 Å². The smallest absolute Gasteiger partial charge is 0.346 e. The number of amides is 1. The van der Waals surface area contributed by atoms with E-state index >= 15 is 0 Å². The lowest BCUT2D eigenvalue weighted by atomic mass is 9.88. The molecule has 1 amide bonds.